The summed E-state index contributed by atoms with van der Waals surface area (Å²) in [5.74, 6) is 0.259. The molecule has 0 bridgehead atoms. The Morgan fingerprint density at radius 3 is 2.79 bits per heavy atom. The molecule has 0 aliphatic rings. The number of hydrogen-bond acceptors (Lipinski definition) is 5. The molecule has 1 aromatic heterocycles. The first-order valence-electron chi connectivity index (χ1n) is 5.83. The van der Waals surface area contributed by atoms with Crippen molar-refractivity contribution in [1.29, 1.82) is 5.26 Å². The van der Waals surface area contributed by atoms with Gasteiger partial charge in [0, 0.05) is 18.3 Å². The summed E-state index contributed by atoms with van der Waals surface area (Å²) in [5.41, 5.74) is 0.317. The van der Waals surface area contributed by atoms with E-state index in [-0.39, 0.29) is 30.4 Å². The van der Waals surface area contributed by atoms with Crippen LogP contribution in [0.15, 0.2) is 18.3 Å². The zero-order valence-corrected chi connectivity index (χ0v) is 12.2. The fourth-order valence-corrected chi connectivity index (χ4v) is 1.25. The highest BCUT2D eigenvalue weighted by Crippen LogP contribution is 2.12. The van der Waals surface area contributed by atoms with Crippen LogP contribution in [0.4, 0.5) is 0 Å². The van der Waals surface area contributed by atoms with E-state index in [4.69, 9.17) is 10.00 Å². The number of ether oxygens (including phenoxy) is 1. The first kappa shape index (κ1) is 17.6. The average Bonchev–Trinajstić information content (AvgIpc) is 2.33. The molecular weight excluding hydrogens is 266 g/mol. The van der Waals surface area contributed by atoms with Crippen LogP contribution in [0.1, 0.15) is 26.3 Å². The van der Waals surface area contributed by atoms with E-state index in [0.29, 0.717) is 12.1 Å². The highest BCUT2D eigenvalue weighted by atomic mass is 35.5. The second-order valence-corrected chi connectivity index (χ2v) is 5.06. The van der Waals surface area contributed by atoms with Crippen molar-refractivity contribution in [3.63, 3.8) is 0 Å². The number of aromatic nitrogens is 1. The maximum atomic E-state index is 9.74. The second kappa shape index (κ2) is 7.95. The maximum absolute atomic E-state index is 9.74. The van der Waals surface area contributed by atoms with Crippen molar-refractivity contribution >= 4 is 12.4 Å². The van der Waals surface area contributed by atoms with E-state index in [0.717, 1.165) is 0 Å². The van der Waals surface area contributed by atoms with Gasteiger partial charge in [0.15, 0.2) is 0 Å². The summed E-state index contributed by atoms with van der Waals surface area (Å²) in [7, 11) is 0. The molecule has 0 aliphatic carbocycles. The Kier molecular flexibility index (Phi) is 7.38. The largest absolute Gasteiger partial charge is 0.474 e. The molecule has 0 radical (unpaired) electrons. The summed E-state index contributed by atoms with van der Waals surface area (Å²) in [6.07, 6.45) is 0.911. The van der Waals surface area contributed by atoms with Crippen molar-refractivity contribution in [3.8, 4) is 11.9 Å². The van der Waals surface area contributed by atoms with Crippen LogP contribution in [0.25, 0.3) is 0 Å². The molecule has 0 amide bonds. The lowest BCUT2D eigenvalue weighted by Crippen LogP contribution is -2.42. The minimum atomic E-state index is -0.641. The molecule has 2 N–H and O–H groups in total. The number of hydrogen-bond donors (Lipinski definition) is 2. The van der Waals surface area contributed by atoms with Gasteiger partial charge in [0.1, 0.15) is 24.3 Å². The first-order valence-corrected chi connectivity index (χ1v) is 5.83. The standard InChI is InChI=1S/C13H19N3O2.ClH/c1-13(2,3)16-8-11(17)9-18-12-10(7-14)5-4-6-15-12;/h4-6,11,16-17H,8-9H2,1-3H3;1H/t11-;/m0./s1. The van der Waals surface area contributed by atoms with Crippen LogP contribution in [0.3, 0.4) is 0 Å². The number of aliphatic hydroxyl groups is 1. The Hall–Kier alpha value is -1.35. The molecule has 1 heterocycles. The van der Waals surface area contributed by atoms with Crippen molar-refractivity contribution in [2.45, 2.75) is 32.4 Å². The molecule has 106 valence electrons. The fourth-order valence-electron chi connectivity index (χ4n) is 1.25. The number of pyridine rings is 1. The van der Waals surface area contributed by atoms with Gasteiger partial charge in [-0.3, -0.25) is 0 Å². The third kappa shape index (κ3) is 6.97. The van der Waals surface area contributed by atoms with Crippen LogP contribution < -0.4 is 10.1 Å². The van der Waals surface area contributed by atoms with Gasteiger partial charge in [0.25, 0.3) is 0 Å². The second-order valence-electron chi connectivity index (χ2n) is 5.06. The van der Waals surface area contributed by atoms with Gasteiger partial charge in [-0.05, 0) is 32.9 Å². The van der Waals surface area contributed by atoms with Crippen LogP contribution in [0.2, 0.25) is 0 Å². The summed E-state index contributed by atoms with van der Waals surface area (Å²) in [6, 6.07) is 5.29. The van der Waals surface area contributed by atoms with Crippen molar-refractivity contribution < 1.29 is 9.84 Å². The van der Waals surface area contributed by atoms with Crippen molar-refractivity contribution in [3.05, 3.63) is 23.9 Å². The van der Waals surface area contributed by atoms with Crippen LogP contribution >= 0.6 is 12.4 Å². The Labute approximate surface area is 120 Å². The minimum absolute atomic E-state index is 0. The molecule has 0 spiro atoms. The molecule has 0 saturated heterocycles. The SMILES string of the molecule is CC(C)(C)NC[C@H](O)COc1ncccc1C#N.Cl. The predicted octanol–water partition coefficient (Wildman–Crippen LogP) is 1.50. The molecule has 0 aromatic carbocycles. The van der Waals surface area contributed by atoms with E-state index >= 15 is 0 Å². The van der Waals surface area contributed by atoms with Gasteiger partial charge >= 0.3 is 0 Å². The molecule has 0 fully saturated rings. The average molecular weight is 286 g/mol. The Bertz CT molecular complexity index is 427. The number of rotatable bonds is 5. The van der Waals surface area contributed by atoms with Gasteiger partial charge in [-0.2, -0.15) is 5.26 Å². The zero-order valence-electron chi connectivity index (χ0n) is 11.4. The highest BCUT2D eigenvalue weighted by Gasteiger charge is 2.13. The predicted molar refractivity (Wildman–Crippen MR) is 75.5 cm³/mol. The molecular formula is C13H20ClN3O2. The lowest BCUT2D eigenvalue weighted by molar-refractivity contribution is 0.0976. The first-order chi connectivity index (χ1) is 8.42. The highest BCUT2D eigenvalue weighted by molar-refractivity contribution is 5.85. The number of nitriles is 1. The molecule has 1 rings (SSSR count). The third-order valence-electron chi connectivity index (χ3n) is 2.17. The zero-order chi connectivity index (χ0) is 13.6. The van der Waals surface area contributed by atoms with E-state index in [9.17, 15) is 5.11 Å². The van der Waals surface area contributed by atoms with Gasteiger partial charge in [0.05, 0.1) is 0 Å². The summed E-state index contributed by atoms with van der Waals surface area (Å²) in [6.45, 7) is 6.60. The number of halogens is 1. The lowest BCUT2D eigenvalue weighted by atomic mass is 10.1. The Morgan fingerprint density at radius 2 is 2.21 bits per heavy atom. The number of β-amino-alcohol motifs (C(OH)–C–C–N with tert-alkyl or cyclic N) is 1. The molecule has 1 aromatic rings. The molecule has 0 aliphatic heterocycles. The molecule has 5 nitrogen and oxygen atoms in total. The Morgan fingerprint density at radius 1 is 1.53 bits per heavy atom. The van der Waals surface area contributed by atoms with E-state index in [1.165, 1.54) is 0 Å². The minimum Gasteiger partial charge on any atom is -0.474 e. The van der Waals surface area contributed by atoms with Crippen molar-refractivity contribution in [2.75, 3.05) is 13.2 Å². The van der Waals surface area contributed by atoms with Gasteiger partial charge in [-0.1, -0.05) is 0 Å². The normalized spacial score (nSPS) is 12.2. The lowest BCUT2D eigenvalue weighted by Gasteiger charge is -2.22. The topological polar surface area (TPSA) is 78.2 Å². The summed E-state index contributed by atoms with van der Waals surface area (Å²) in [4.78, 5) is 3.95. The number of aliphatic hydroxyl groups excluding tert-OH is 1. The monoisotopic (exact) mass is 285 g/mol. The van der Waals surface area contributed by atoms with Gasteiger partial charge < -0.3 is 15.2 Å². The molecule has 0 saturated carbocycles. The molecule has 0 unspecified atom stereocenters. The fraction of sp³-hybridized carbons (Fsp3) is 0.538. The third-order valence-corrected chi connectivity index (χ3v) is 2.17. The van der Waals surface area contributed by atoms with Crippen LogP contribution in [0.5, 0.6) is 5.88 Å². The van der Waals surface area contributed by atoms with E-state index in [2.05, 4.69) is 10.3 Å². The summed E-state index contributed by atoms with van der Waals surface area (Å²) in [5, 5.41) is 21.8. The number of nitrogens with one attached hydrogen (secondary N) is 1. The van der Waals surface area contributed by atoms with Gasteiger partial charge in [-0.25, -0.2) is 4.98 Å². The van der Waals surface area contributed by atoms with E-state index in [1.54, 1.807) is 18.3 Å². The van der Waals surface area contributed by atoms with Gasteiger partial charge in [-0.15, -0.1) is 12.4 Å². The molecule has 19 heavy (non-hydrogen) atoms. The molecule has 1 atom stereocenters. The smallest absolute Gasteiger partial charge is 0.231 e. The maximum Gasteiger partial charge on any atom is 0.231 e. The van der Waals surface area contributed by atoms with Crippen LogP contribution in [0, 0.1) is 11.3 Å². The Balaban J connectivity index is 0.00000324. The number of nitrogens with zero attached hydrogens (tertiary/aromatic N) is 2. The van der Waals surface area contributed by atoms with Crippen molar-refractivity contribution in [2.24, 2.45) is 0 Å². The van der Waals surface area contributed by atoms with E-state index in [1.807, 2.05) is 26.8 Å². The summed E-state index contributed by atoms with van der Waals surface area (Å²) < 4.78 is 5.33. The van der Waals surface area contributed by atoms with Gasteiger partial charge in [0.2, 0.25) is 5.88 Å². The van der Waals surface area contributed by atoms with E-state index < -0.39 is 6.10 Å². The van der Waals surface area contributed by atoms with Crippen LogP contribution in [-0.2, 0) is 0 Å². The summed E-state index contributed by atoms with van der Waals surface area (Å²) >= 11 is 0. The molecule has 6 heteroatoms. The van der Waals surface area contributed by atoms with Crippen LogP contribution in [-0.4, -0.2) is 34.9 Å². The quantitative estimate of drug-likeness (QED) is 0.857. The van der Waals surface area contributed by atoms with Crippen molar-refractivity contribution in [1.82, 2.24) is 10.3 Å².